The van der Waals surface area contributed by atoms with Gasteiger partial charge in [0.05, 0.1) is 12.1 Å². The van der Waals surface area contributed by atoms with Crippen molar-refractivity contribution in [2.24, 2.45) is 0 Å². The average Bonchev–Trinajstić information content (AvgIpc) is 2.98. The van der Waals surface area contributed by atoms with Gasteiger partial charge in [0, 0.05) is 36.6 Å². The second-order valence-corrected chi connectivity index (χ2v) is 6.29. The third-order valence-electron chi connectivity index (χ3n) is 4.65. The van der Waals surface area contributed by atoms with Crippen molar-refractivity contribution >= 4 is 22.6 Å². The number of benzene rings is 1. The van der Waals surface area contributed by atoms with Gasteiger partial charge in [0.25, 0.3) is 0 Å². The summed E-state index contributed by atoms with van der Waals surface area (Å²) in [6, 6.07) is 7.95. The second kappa shape index (κ2) is 5.63. The number of amides is 1. The van der Waals surface area contributed by atoms with Gasteiger partial charge in [-0.2, -0.15) is 5.10 Å². The Morgan fingerprint density at radius 3 is 3.12 bits per heavy atom. The smallest absolute Gasteiger partial charge is 0.227 e. The molecule has 4 rings (SSSR count). The molecule has 24 heavy (non-hydrogen) atoms. The SMILES string of the molecule is Cc1cccc2[nH]cc(CC(=O)N3CCc4nnc(N)cc4C3)c12. The minimum absolute atomic E-state index is 0.125. The normalized spacial score (nSPS) is 14.0. The third kappa shape index (κ3) is 2.50. The number of aromatic amines is 1. The van der Waals surface area contributed by atoms with Crippen molar-refractivity contribution in [2.75, 3.05) is 12.3 Å². The quantitative estimate of drug-likeness (QED) is 0.755. The topological polar surface area (TPSA) is 87.9 Å². The van der Waals surface area contributed by atoms with Crippen molar-refractivity contribution in [3.63, 3.8) is 0 Å². The number of hydrogen-bond donors (Lipinski definition) is 2. The van der Waals surface area contributed by atoms with Crippen LogP contribution in [0.15, 0.2) is 30.5 Å². The molecule has 0 saturated carbocycles. The number of nitrogen functional groups attached to an aromatic ring is 1. The maximum Gasteiger partial charge on any atom is 0.227 e. The zero-order chi connectivity index (χ0) is 16.7. The lowest BCUT2D eigenvalue weighted by Gasteiger charge is -2.28. The number of nitrogens with one attached hydrogen (secondary N) is 1. The van der Waals surface area contributed by atoms with E-state index in [1.165, 1.54) is 5.56 Å². The van der Waals surface area contributed by atoms with E-state index in [9.17, 15) is 4.79 Å². The molecule has 3 N–H and O–H groups in total. The fraction of sp³-hybridized carbons (Fsp3) is 0.278. The van der Waals surface area contributed by atoms with Gasteiger partial charge in [-0.15, -0.1) is 5.10 Å². The number of aryl methyl sites for hydroxylation is 1. The van der Waals surface area contributed by atoms with Crippen LogP contribution in [-0.2, 0) is 24.2 Å². The Labute approximate surface area is 139 Å². The molecule has 6 heteroatoms. The molecule has 1 aliphatic rings. The molecular weight excluding hydrogens is 302 g/mol. The van der Waals surface area contributed by atoms with Gasteiger partial charge in [-0.3, -0.25) is 4.79 Å². The molecule has 0 unspecified atom stereocenters. The Hall–Kier alpha value is -2.89. The van der Waals surface area contributed by atoms with Gasteiger partial charge in [0.2, 0.25) is 5.91 Å². The molecule has 0 atom stereocenters. The van der Waals surface area contributed by atoms with Crippen molar-refractivity contribution in [2.45, 2.75) is 26.3 Å². The molecular formula is C18H19N5O. The first-order valence-electron chi connectivity index (χ1n) is 8.06. The summed E-state index contributed by atoms with van der Waals surface area (Å²) >= 11 is 0. The van der Waals surface area contributed by atoms with Crippen LogP contribution >= 0.6 is 0 Å². The molecule has 0 bridgehead atoms. The molecule has 122 valence electrons. The Morgan fingerprint density at radius 1 is 1.38 bits per heavy atom. The summed E-state index contributed by atoms with van der Waals surface area (Å²) in [7, 11) is 0. The van der Waals surface area contributed by atoms with Gasteiger partial charge in [-0.05, 0) is 35.7 Å². The number of nitrogens with zero attached hydrogens (tertiary/aromatic N) is 3. The highest BCUT2D eigenvalue weighted by atomic mass is 16.2. The molecule has 3 aromatic rings. The molecule has 3 heterocycles. The number of carbonyl (C=O) groups excluding carboxylic acids is 1. The van der Waals surface area contributed by atoms with Crippen molar-refractivity contribution in [1.29, 1.82) is 0 Å². The van der Waals surface area contributed by atoms with Gasteiger partial charge >= 0.3 is 0 Å². The molecule has 0 radical (unpaired) electrons. The Balaban J connectivity index is 1.56. The van der Waals surface area contributed by atoms with Crippen LogP contribution in [0.3, 0.4) is 0 Å². The predicted octanol–water partition coefficient (Wildman–Crippen LogP) is 1.98. The van der Waals surface area contributed by atoms with Crippen molar-refractivity contribution in [1.82, 2.24) is 20.1 Å². The highest BCUT2D eigenvalue weighted by Crippen LogP contribution is 2.24. The molecule has 1 amide bonds. The predicted molar refractivity (Wildman–Crippen MR) is 92.3 cm³/mol. The highest BCUT2D eigenvalue weighted by molar-refractivity contribution is 5.91. The Kier molecular flexibility index (Phi) is 3.45. The van der Waals surface area contributed by atoms with Crippen LogP contribution in [0.2, 0.25) is 0 Å². The lowest BCUT2D eigenvalue weighted by Crippen LogP contribution is -2.37. The van der Waals surface area contributed by atoms with Crippen molar-refractivity contribution < 1.29 is 4.79 Å². The fourth-order valence-electron chi connectivity index (χ4n) is 3.42. The minimum atomic E-state index is 0.125. The van der Waals surface area contributed by atoms with Crippen molar-refractivity contribution in [3.05, 3.63) is 52.8 Å². The highest BCUT2D eigenvalue weighted by Gasteiger charge is 2.23. The first kappa shape index (κ1) is 14.7. The molecule has 1 aliphatic heterocycles. The number of carbonyl (C=O) groups is 1. The third-order valence-corrected chi connectivity index (χ3v) is 4.65. The van der Waals surface area contributed by atoms with Crippen LogP contribution in [0.4, 0.5) is 5.82 Å². The minimum Gasteiger partial charge on any atom is -0.382 e. The van der Waals surface area contributed by atoms with E-state index in [0.717, 1.165) is 34.1 Å². The molecule has 0 fully saturated rings. The maximum absolute atomic E-state index is 12.8. The molecule has 0 saturated heterocycles. The zero-order valence-corrected chi connectivity index (χ0v) is 13.5. The number of nitrogens with two attached hydrogens (primary N) is 1. The number of H-pyrrole nitrogens is 1. The monoisotopic (exact) mass is 321 g/mol. The first-order chi connectivity index (χ1) is 11.6. The summed E-state index contributed by atoms with van der Waals surface area (Å²) < 4.78 is 0. The largest absolute Gasteiger partial charge is 0.382 e. The van der Waals surface area contributed by atoms with E-state index >= 15 is 0 Å². The lowest BCUT2D eigenvalue weighted by atomic mass is 10.0. The molecule has 6 nitrogen and oxygen atoms in total. The van der Waals surface area contributed by atoms with Gasteiger partial charge in [-0.1, -0.05) is 12.1 Å². The number of rotatable bonds is 2. The molecule has 0 aliphatic carbocycles. The molecule has 1 aromatic carbocycles. The van der Waals surface area contributed by atoms with Crippen LogP contribution in [0.25, 0.3) is 10.9 Å². The van der Waals surface area contributed by atoms with E-state index in [4.69, 9.17) is 5.73 Å². The summed E-state index contributed by atoms with van der Waals surface area (Å²) in [6.07, 6.45) is 3.06. The van der Waals surface area contributed by atoms with E-state index in [2.05, 4.69) is 28.2 Å². The second-order valence-electron chi connectivity index (χ2n) is 6.29. The first-order valence-corrected chi connectivity index (χ1v) is 8.06. The van der Waals surface area contributed by atoms with Crippen LogP contribution in [0, 0.1) is 6.92 Å². The van der Waals surface area contributed by atoms with Gasteiger partial charge in [0.1, 0.15) is 5.82 Å². The standard InChI is InChI=1S/C18H19N5O/c1-11-3-2-4-15-18(11)12(9-20-15)8-17(24)23-6-5-14-13(10-23)7-16(19)22-21-14/h2-4,7,9,20H,5-6,8,10H2,1H3,(H2,19,22). The summed E-state index contributed by atoms with van der Waals surface area (Å²) in [6.45, 7) is 3.30. The number of anilines is 1. The van der Waals surface area contributed by atoms with Gasteiger partial charge in [0.15, 0.2) is 0 Å². The summed E-state index contributed by atoms with van der Waals surface area (Å²) in [5.41, 5.74) is 11.0. The van der Waals surface area contributed by atoms with Crippen LogP contribution < -0.4 is 5.73 Å². The Bertz CT molecular complexity index is 930. The van der Waals surface area contributed by atoms with Gasteiger partial charge < -0.3 is 15.6 Å². The molecule has 2 aromatic heterocycles. The number of fused-ring (bicyclic) bond motifs is 2. The van der Waals surface area contributed by atoms with E-state index < -0.39 is 0 Å². The van der Waals surface area contributed by atoms with E-state index in [-0.39, 0.29) is 5.91 Å². The van der Waals surface area contributed by atoms with Gasteiger partial charge in [-0.25, -0.2) is 0 Å². The van der Waals surface area contributed by atoms with Crippen molar-refractivity contribution in [3.8, 4) is 0 Å². The maximum atomic E-state index is 12.8. The van der Waals surface area contributed by atoms with Crippen LogP contribution in [0.5, 0.6) is 0 Å². The van der Waals surface area contributed by atoms with Crippen LogP contribution in [-0.4, -0.2) is 32.5 Å². The number of aromatic nitrogens is 3. The zero-order valence-electron chi connectivity index (χ0n) is 13.5. The van der Waals surface area contributed by atoms with E-state index in [0.29, 0.717) is 25.3 Å². The number of hydrogen-bond acceptors (Lipinski definition) is 4. The summed E-state index contributed by atoms with van der Waals surface area (Å²) in [5.74, 6) is 0.524. The average molecular weight is 321 g/mol. The van der Waals surface area contributed by atoms with E-state index in [1.54, 1.807) is 0 Å². The van der Waals surface area contributed by atoms with E-state index in [1.807, 2.05) is 29.3 Å². The Morgan fingerprint density at radius 2 is 2.25 bits per heavy atom. The summed E-state index contributed by atoms with van der Waals surface area (Å²) in [5, 5.41) is 9.16. The fourth-order valence-corrected chi connectivity index (χ4v) is 3.42. The summed E-state index contributed by atoms with van der Waals surface area (Å²) in [4.78, 5) is 17.9. The lowest BCUT2D eigenvalue weighted by molar-refractivity contribution is -0.131. The molecule has 0 spiro atoms. The van der Waals surface area contributed by atoms with Crippen LogP contribution in [0.1, 0.15) is 22.4 Å².